The van der Waals surface area contributed by atoms with Gasteiger partial charge in [-0.15, -0.1) is 0 Å². The smallest absolute Gasteiger partial charge is 0.328 e. The van der Waals surface area contributed by atoms with Gasteiger partial charge in [-0.1, -0.05) is 13.8 Å². The molecule has 0 saturated heterocycles. The molecule has 2 unspecified atom stereocenters. The molecule has 100 valence electrons. The lowest BCUT2D eigenvalue weighted by Crippen LogP contribution is -2.46. The summed E-state index contributed by atoms with van der Waals surface area (Å²) >= 11 is 0. The molecule has 0 aromatic heterocycles. The first-order valence-corrected chi connectivity index (χ1v) is 5.59. The predicted molar refractivity (Wildman–Crippen MR) is 60.4 cm³/mol. The Hall–Kier alpha value is -1.17. The summed E-state index contributed by atoms with van der Waals surface area (Å²) in [6.07, 6.45) is 0.0328. The normalized spacial score (nSPS) is 14.4. The van der Waals surface area contributed by atoms with Crippen LogP contribution in [0.2, 0.25) is 0 Å². The van der Waals surface area contributed by atoms with Crippen molar-refractivity contribution in [3.8, 4) is 0 Å². The summed E-state index contributed by atoms with van der Waals surface area (Å²) in [4.78, 5) is 21.9. The quantitative estimate of drug-likeness (QED) is 0.672. The summed E-state index contributed by atoms with van der Waals surface area (Å²) in [7, 11) is 0. The van der Waals surface area contributed by atoms with Crippen LogP contribution in [0.4, 0.5) is 4.39 Å². The SMILES string of the molecule is CC(C)CCOC(C)C(=O)NC(CF)C(=O)O. The minimum Gasteiger partial charge on any atom is -0.480 e. The number of carbonyl (C=O) groups excluding carboxylic acids is 1. The lowest BCUT2D eigenvalue weighted by molar-refractivity contribution is -0.144. The summed E-state index contributed by atoms with van der Waals surface area (Å²) in [5, 5.41) is 10.6. The number of amides is 1. The molecule has 6 heteroatoms. The Morgan fingerprint density at radius 3 is 2.35 bits per heavy atom. The van der Waals surface area contributed by atoms with Gasteiger partial charge in [0.15, 0.2) is 6.04 Å². The standard InChI is InChI=1S/C11H20FNO4/c1-7(2)4-5-17-8(3)10(14)13-9(6-12)11(15)16/h7-9H,4-6H2,1-3H3,(H,13,14)(H,15,16). The first-order chi connectivity index (χ1) is 7.88. The highest BCUT2D eigenvalue weighted by molar-refractivity contribution is 5.86. The van der Waals surface area contributed by atoms with Crippen LogP contribution >= 0.6 is 0 Å². The van der Waals surface area contributed by atoms with Gasteiger partial charge < -0.3 is 15.2 Å². The number of halogens is 1. The molecule has 0 aliphatic rings. The van der Waals surface area contributed by atoms with Crippen LogP contribution in [0, 0.1) is 5.92 Å². The number of ether oxygens (including phenoxy) is 1. The molecule has 0 rings (SSSR count). The average molecular weight is 249 g/mol. The minimum atomic E-state index is -1.50. The van der Waals surface area contributed by atoms with Gasteiger partial charge in [-0.05, 0) is 19.3 Å². The fraction of sp³-hybridized carbons (Fsp3) is 0.818. The molecule has 0 heterocycles. The van der Waals surface area contributed by atoms with Gasteiger partial charge in [-0.3, -0.25) is 4.79 Å². The van der Waals surface area contributed by atoms with Crippen LogP contribution in [-0.4, -0.2) is 42.4 Å². The molecule has 0 spiro atoms. The molecule has 0 aromatic carbocycles. The fourth-order valence-electron chi connectivity index (χ4n) is 1.01. The molecule has 2 atom stereocenters. The lowest BCUT2D eigenvalue weighted by Gasteiger charge is -2.16. The lowest BCUT2D eigenvalue weighted by atomic mass is 10.1. The van der Waals surface area contributed by atoms with Gasteiger partial charge in [0, 0.05) is 6.61 Å². The molecule has 0 aliphatic heterocycles. The largest absolute Gasteiger partial charge is 0.480 e. The van der Waals surface area contributed by atoms with Crippen molar-refractivity contribution in [1.29, 1.82) is 0 Å². The fourth-order valence-corrected chi connectivity index (χ4v) is 1.01. The van der Waals surface area contributed by atoms with Crippen LogP contribution in [0.15, 0.2) is 0 Å². The maximum atomic E-state index is 12.3. The molecule has 0 bridgehead atoms. The van der Waals surface area contributed by atoms with Crippen molar-refractivity contribution in [3.63, 3.8) is 0 Å². The number of aliphatic carboxylic acids is 1. The van der Waals surface area contributed by atoms with Gasteiger partial charge >= 0.3 is 5.97 Å². The molecule has 17 heavy (non-hydrogen) atoms. The third kappa shape index (κ3) is 6.88. The number of nitrogens with one attached hydrogen (secondary N) is 1. The second kappa shape index (κ2) is 8.00. The molecular weight excluding hydrogens is 229 g/mol. The highest BCUT2D eigenvalue weighted by atomic mass is 19.1. The number of carbonyl (C=O) groups is 2. The summed E-state index contributed by atoms with van der Waals surface area (Å²) in [6.45, 7) is 4.83. The van der Waals surface area contributed by atoms with Gasteiger partial charge in [0.2, 0.25) is 5.91 Å². The van der Waals surface area contributed by atoms with E-state index in [9.17, 15) is 14.0 Å². The van der Waals surface area contributed by atoms with E-state index in [1.54, 1.807) is 0 Å². The third-order valence-electron chi connectivity index (χ3n) is 2.20. The summed E-state index contributed by atoms with van der Waals surface area (Å²) < 4.78 is 17.5. The second-order valence-corrected chi connectivity index (χ2v) is 4.25. The number of alkyl halides is 1. The van der Waals surface area contributed by atoms with Crippen molar-refractivity contribution in [3.05, 3.63) is 0 Å². The van der Waals surface area contributed by atoms with E-state index in [0.717, 1.165) is 6.42 Å². The third-order valence-corrected chi connectivity index (χ3v) is 2.20. The van der Waals surface area contributed by atoms with Crippen molar-refractivity contribution in [2.24, 2.45) is 5.92 Å². The van der Waals surface area contributed by atoms with Crippen LogP contribution in [0.25, 0.3) is 0 Å². The molecule has 2 N–H and O–H groups in total. The maximum Gasteiger partial charge on any atom is 0.328 e. The number of carboxylic acids is 1. The van der Waals surface area contributed by atoms with Crippen LogP contribution < -0.4 is 5.32 Å². The van der Waals surface area contributed by atoms with Gasteiger partial charge in [0.1, 0.15) is 12.8 Å². The molecule has 0 aliphatic carbocycles. The Morgan fingerprint density at radius 2 is 1.94 bits per heavy atom. The van der Waals surface area contributed by atoms with E-state index in [2.05, 4.69) is 5.32 Å². The van der Waals surface area contributed by atoms with Crippen LogP contribution in [0.5, 0.6) is 0 Å². The van der Waals surface area contributed by atoms with Crippen molar-refractivity contribution < 1.29 is 23.8 Å². The molecule has 5 nitrogen and oxygen atoms in total. The highest BCUT2D eigenvalue weighted by Gasteiger charge is 2.23. The van der Waals surface area contributed by atoms with Crippen LogP contribution in [0.1, 0.15) is 27.2 Å². The Morgan fingerprint density at radius 1 is 1.35 bits per heavy atom. The van der Waals surface area contributed by atoms with E-state index < -0.39 is 30.7 Å². The van der Waals surface area contributed by atoms with E-state index in [4.69, 9.17) is 9.84 Å². The van der Waals surface area contributed by atoms with Crippen LogP contribution in [0.3, 0.4) is 0 Å². The summed E-state index contributed by atoms with van der Waals surface area (Å²) in [5.41, 5.74) is 0. The Bertz CT molecular complexity index is 258. The van der Waals surface area contributed by atoms with Crippen LogP contribution in [-0.2, 0) is 14.3 Å². The minimum absolute atomic E-state index is 0.416. The molecule has 0 saturated carbocycles. The molecule has 0 radical (unpaired) electrons. The topological polar surface area (TPSA) is 75.6 Å². The first kappa shape index (κ1) is 15.8. The van der Waals surface area contributed by atoms with Gasteiger partial charge in [0.05, 0.1) is 0 Å². The van der Waals surface area contributed by atoms with E-state index in [1.807, 2.05) is 13.8 Å². The zero-order valence-corrected chi connectivity index (χ0v) is 10.4. The molecule has 0 aromatic rings. The molecular formula is C11H20FNO4. The Kier molecular flexibility index (Phi) is 7.45. The van der Waals surface area contributed by atoms with Gasteiger partial charge in [0.25, 0.3) is 0 Å². The Labute approximate surface area is 100 Å². The highest BCUT2D eigenvalue weighted by Crippen LogP contribution is 2.02. The van der Waals surface area contributed by atoms with E-state index in [0.29, 0.717) is 12.5 Å². The monoisotopic (exact) mass is 249 g/mol. The number of carboxylic acid groups (broad SMARTS) is 1. The number of rotatable bonds is 8. The van der Waals surface area contributed by atoms with Gasteiger partial charge in [-0.2, -0.15) is 0 Å². The van der Waals surface area contributed by atoms with Crippen molar-refractivity contribution in [2.45, 2.75) is 39.3 Å². The van der Waals surface area contributed by atoms with Crippen molar-refractivity contribution in [1.82, 2.24) is 5.32 Å². The summed E-state index contributed by atoms with van der Waals surface area (Å²) in [6, 6.07) is -1.50. The van der Waals surface area contributed by atoms with E-state index >= 15 is 0 Å². The Balaban J connectivity index is 4.00. The van der Waals surface area contributed by atoms with Crippen molar-refractivity contribution in [2.75, 3.05) is 13.3 Å². The van der Waals surface area contributed by atoms with Crippen molar-refractivity contribution >= 4 is 11.9 Å². The molecule has 0 fully saturated rings. The van der Waals surface area contributed by atoms with E-state index in [1.165, 1.54) is 6.92 Å². The zero-order valence-electron chi connectivity index (χ0n) is 10.4. The zero-order chi connectivity index (χ0) is 13.4. The first-order valence-electron chi connectivity index (χ1n) is 5.59. The predicted octanol–water partition coefficient (Wildman–Crippen LogP) is 0.976. The van der Waals surface area contributed by atoms with Gasteiger partial charge in [-0.25, -0.2) is 9.18 Å². The average Bonchev–Trinajstić information content (AvgIpc) is 2.24. The number of hydrogen-bond donors (Lipinski definition) is 2. The summed E-state index contributed by atoms with van der Waals surface area (Å²) in [5.74, 6) is -1.54. The number of hydrogen-bond acceptors (Lipinski definition) is 3. The van der Waals surface area contributed by atoms with E-state index in [-0.39, 0.29) is 0 Å². The second-order valence-electron chi connectivity index (χ2n) is 4.25. The maximum absolute atomic E-state index is 12.3. The molecule has 1 amide bonds.